The van der Waals surface area contributed by atoms with Gasteiger partial charge in [0.2, 0.25) is 0 Å². The van der Waals surface area contributed by atoms with Gasteiger partial charge in [0.25, 0.3) is 0 Å². The van der Waals surface area contributed by atoms with Gasteiger partial charge in [-0.05, 0) is 62.6 Å². The summed E-state index contributed by atoms with van der Waals surface area (Å²) in [5, 5.41) is 0. The van der Waals surface area contributed by atoms with Gasteiger partial charge >= 0.3 is 20.5 Å². The zero-order chi connectivity index (χ0) is 25.8. The lowest BCUT2D eigenvalue weighted by Crippen LogP contribution is -2.13. The maximum Gasteiger partial charge on any atom is 0.343 e. The summed E-state index contributed by atoms with van der Waals surface area (Å²) in [6, 6.07) is 15.5. The van der Waals surface area contributed by atoms with Gasteiger partial charge in [-0.3, -0.25) is 0 Å². The Morgan fingerprint density at radius 2 is 1.56 bits per heavy atom. The Bertz CT molecular complexity index is 1170. The summed E-state index contributed by atoms with van der Waals surface area (Å²) in [6.45, 7) is 5.45. The van der Waals surface area contributed by atoms with E-state index in [1.807, 2.05) is 32.0 Å². The van der Waals surface area contributed by atoms with Crippen molar-refractivity contribution < 1.29 is 32.6 Å². The standard InChI is InChI=1S/C25H27O7PS3/c1-3-29-33(30-4-2)31-16-8-7-15-28-25(27)20-9-5-6-10-21(20)32-24(26)19-13-11-18(12-14-19)22-17-23(34)36-35-22/h5-6,9-14,17H,3-4,7-8,15-16H2,1-2H3. The van der Waals surface area contributed by atoms with E-state index in [4.69, 9.17) is 35.3 Å². The summed E-state index contributed by atoms with van der Waals surface area (Å²) >= 11 is 5.18. The average molecular weight is 567 g/mol. The molecule has 1 aromatic heterocycles. The third kappa shape index (κ3) is 8.81. The molecule has 0 radical (unpaired) electrons. The summed E-state index contributed by atoms with van der Waals surface area (Å²) in [5.41, 5.74) is 1.54. The summed E-state index contributed by atoms with van der Waals surface area (Å²) in [6.07, 6.45) is 1.29. The molecule has 0 N–H and O–H groups in total. The lowest BCUT2D eigenvalue weighted by Gasteiger charge is -2.14. The highest BCUT2D eigenvalue weighted by Crippen LogP contribution is 2.39. The summed E-state index contributed by atoms with van der Waals surface area (Å²) in [5.74, 6) is -0.967. The van der Waals surface area contributed by atoms with Crippen molar-refractivity contribution in [2.24, 2.45) is 0 Å². The lowest BCUT2D eigenvalue weighted by molar-refractivity contribution is 0.0486. The summed E-state index contributed by atoms with van der Waals surface area (Å²) < 4.78 is 28.1. The highest BCUT2D eigenvalue weighted by Gasteiger charge is 2.18. The monoisotopic (exact) mass is 566 g/mol. The van der Waals surface area contributed by atoms with Crippen molar-refractivity contribution in [2.45, 2.75) is 26.7 Å². The number of unbranched alkanes of at least 4 members (excludes halogenated alkanes) is 1. The van der Waals surface area contributed by atoms with Crippen LogP contribution in [-0.2, 0) is 18.3 Å². The van der Waals surface area contributed by atoms with E-state index in [1.165, 1.54) is 10.3 Å². The van der Waals surface area contributed by atoms with Crippen molar-refractivity contribution in [1.29, 1.82) is 0 Å². The van der Waals surface area contributed by atoms with Crippen LogP contribution in [-0.4, -0.2) is 38.4 Å². The van der Waals surface area contributed by atoms with Gasteiger partial charge in [0.15, 0.2) is 0 Å². The Kier molecular flexibility index (Phi) is 12.1. The molecule has 3 aromatic rings. The topological polar surface area (TPSA) is 80.3 Å². The third-order valence-electron chi connectivity index (χ3n) is 4.61. The predicted molar refractivity (Wildman–Crippen MR) is 146 cm³/mol. The van der Waals surface area contributed by atoms with E-state index < -0.39 is 20.5 Å². The van der Waals surface area contributed by atoms with Crippen LogP contribution in [0.3, 0.4) is 0 Å². The molecule has 0 amide bonds. The molecule has 192 valence electrons. The Hall–Kier alpha value is -2.04. The van der Waals surface area contributed by atoms with Crippen molar-refractivity contribution in [2.75, 3.05) is 26.4 Å². The van der Waals surface area contributed by atoms with E-state index in [1.54, 1.807) is 46.7 Å². The first-order chi connectivity index (χ1) is 17.5. The molecule has 1 heterocycles. The van der Waals surface area contributed by atoms with Crippen molar-refractivity contribution >= 4 is 53.4 Å². The molecule has 0 spiro atoms. The molecule has 36 heavy (non-hydrogen) atoms. The van der Waals surface area contributed by atoms with Crippen molar-refractivity contribution in [1.82, 2.24) is 0 Å². The number of carbonyl (C=O) groups is 2. The fraction of sp³-hybridized carbons (Fsp3) is 0.320. The molecule has 0 aliphatic heterocycles. The zero-order valence-corrected chi connectivity index (χ0v) is 23.3. The second-order valence-electron chi connectivity index (χ2n) is 7.19. The van der Waals surface area contributed by atoms with Crippen molar-refractivity contribution in [3.63, 3.8) is 0 Å². The van der Waals surface area contributed by atoms with Gasteiger partial charge in [0.05, 0.1) is 32.0 Å². The predicted octanol–water partition coefficient (Wildman–Crippen LogP) is 7.68. The van der Waals surface area contributed by atoms with E-state index in [0.29, 0.717) is 38.2 Å². The molecule has 0 unspecified atom stereocenters. The Balaban J connectivity index is 1.50. The SMILES string of the molecule is CCOP(OCC)OCCCCOC(=O)c1ccccc1OC(=O)c1ccc(-c2cc(=S)ss2)cc1. The van der Waals surface area contributed by atoms with Crippen LogP contribution in [0.25, 0.3) is 10.4 Å². The minimum absolute atomic E-state index is 0.148. The zero-order valence-electron chi connectivity index (χ0n) is 20.0. The van der Waals surface area contributed by atoms with Crippen molar-refractivity contribution in [3.8, 4) is 16.2 Å². The second-order valence-corrected chi connectivity index (χ2v) is 11.3. The van der Waals surface area contributed by atoms with E-state index in [2.05, 4.69) is 0 Å². The number of ether oxygens (including phenoxy) is 2. The molecule has 0 aliphatic rings. The van der Waals surface area contributed by atoms with Gasteiger partial charge in [-0.2, -0.15) is 0 Å². The maximum atomic E-state index is 12.7. The number of rotatable bonds is 14. The third-order valence-corrected chi connectivity index (χ3v) is 8.86. The minimum Gasteiger partial charge on any atom is -0.462 e. The molecule has 2 aromatic carbocycles. The van der Waals surface area contributed by atoms with Crippen LogP contribution in [0, 0.1) is 3.82 Å². The Labute approximate surface area is 224 Å². The highest BCUT2D eigenvalue weighted by atomic mass is 32.9. The smallest absolute Gasteiger partial charge is 0.343 e. The molecule has 7 nitrogen and oxygen atoms in total. The Morgan fingerprint density at radius 1 is 0.861 bits per heavy atom. The van der Waals surface area contributed by atoms with Gasteiger partial charge in [-0.1, -0.05) is 57.2 Å². The molecule has 0 fully saturated rings. The van der Waals surface area contributed by atoms with Crippen LogP contribution in [0.4, 0.5) is 0 Å². The minimum atomic E-state index is -1.33. The van der Waals surface area contributed by atoms with Crippen molar-refractivity contribution in [3.05, 3.63) is 69.5 Å². The largest absolute Gasteiger partial charge is 0.462 e. The molecule has 3 rings (SSSR count). The normalized spacial score (nSPS) is 11.0. The molecular weight excluding hydrogens is 539 g/mol. The van der Waals surface area contributed by atoms with E-state index >= 15 is 0 Å². The van der Waals surface area contributed by atoms with E-state index in [0.717, 1.165) is 14.3 Å². The van der Waals surface area contributed by atoms with E-state index in [9.17, 15) is 9.59 Å². The number of esters is 2. The summed E-state index contributed by atoms with van der Waals surface area (Å²) in [4.78, 5) is 26.4. The van der Waals surface area contributed by atoms with E-state index in [-0.39, 0.29) is 17.9 Å². The molecule has 0 saturated heterocycles. The number of benzene rings is 2. The molecule has 0 bridgehead atoms. The molecular formula is C25H27O7PS3. The van der Waals surface area contributed by atoms with Gasteiger partial charge in [-0.15, -0.1) is 0 Å². The summed E-state index contributed by atoms with van der Waals surface area (Å²) in [7, 11) is 1.79. The van der Waals surface area contributed by atoms with Gasteiger partial charge in [0, 0.05) is 4.88 Å². The maximum absolute atomic E-state index is 12.7. The molecule has 11 heteroatoms. The number of hydrogen-bond acceptors (Lipinski definition) is 10. The van der Waals surface area contributed by atoms with Crippen LogP contribution in [0.2, 0.25) is 0 Å². The van der Waals surface area contributed by atoms with Gasteiger partial charge in [0.1, 0.15) is 15.1 Å². The first-order valence-corrected chi connectivity index (χ1v) is 15.0. The second kappa shape index (κ2) is 15.3. The van der Waals surface area contributed by atoms with Crippen LogP contribution >= 0.6 is 41.5 Å². The quantitative estimate of drug-likeness (QED) is 0.0491. The molecule has 0 saturated carbocycles. The van der Waals surface area contributed by atoms with Crippen LogP contribution in [0.15, 0.2) is 54.6 Å². The fourth-order valence-corrected chi connectivity index (χ4v) is 6.26. The fourth-order valence-electron chi connectivity index (χ4n) is 2.93. The highest BCUT2D eigenvalue weighted by molar-refractivity contribution is 7.80. The lowest BCUT2D eigenvalue weighted by atomic mass is 10.1. The van der Waals surface area contributed by atoms with Gasteiger partial charge in [-0.25, -0.2) is 9.59 Å². The first-order valence-electron chi connectivity index (χ1n) is 11.4. The van der Waals surface area contributed by atoms with Crippen LogP contribution in [0.1, 0.15) is 47.4 Å². The van der Waals surface area contributed by atoms with Crippen LogP contribution in [0.5, 0.6) is 5.75 Å². The molecule has 0 aliphatic carbocycles. The number of para-hydroxylation sites is 1. The van der Waals surface area contributed by atoms with Crippen LogP contribution < -0.4 is 4.74 Å². The Morgan fingerprint density at radius 3 is 2.22 bits per heavy atom. The van der Waals surface area contributed by atoms with Gasteiger partial charge < -0.3 is 23.0 Å². The number of carbonyl (C=O) groups excluding carboxylic acids is 2. The number of hydrogen-bond donors (Lipinski definition) is 0. The molecule has 0 atom stereocenters. The first kappa shape index (κ1) is 28.5. The average Bonchev–Trinajstić information content (AvgIpc) is 3.32.